The Morgan fingerprint density at radius 1 is 1.19 bits per heavy atom. The third-order valence-corrected chi connectivity index (χ3v) is 3.38. The van der Waals surface area contributed by atoms with E-state index in [9.17, 15) is 14.9 Å². The first kappa shape index (κ1) is 19.4. The number of hydrogen-bond acceptors (Lipinski definition) is 5. The van der Waals surface area contributed by atoms with E-state index in [1.54, 1.807) is 13.8 Å². The van der Waals surface area contributed by atoms with Crippen LogP contribution < -0.4 is 0 Å². The van der Waals surface area contributed by atoms with Crippen molar-refractivity contribution in [3.8, 4) is 6.07 Å². The standard InChI is InChI=1S/C16H27NO4/c1-5-8-9-13(4)10-16(12-17,15(19)21-7-3)11-14(18)20-6-2/h13H,5-11H2,1-4H3. The molecule has 0 aromatic rings. The molecule has 0 N–H and O–H groups in total. The molecule has 0 aliphatic carbocycles. The predicted octanol–water partition coefficient (Wildman–Crippen LogP) is 3.23. The second kappa shape index (κ2) is 10.2. The summed E-state index contributed by atoms with van der Waals surface area (Å²) in [5, 5.41) is 9.51. The minimum Gasteiger partial charge on any atom is -0.466 e. The summed E-state index contributed by atoms with van der Waals surface area (Å²) in [6, 6.07) is 2.02. The van der Waals surface area contributed by atoms with Gasteiger partial charge in [-0.15, -0.1) is 0 Å². The molecular weight excluding hydrogens is 270 g/mol. The number of nitrogens with zero attached hydrogens (tertiary/aromatic N) is 1. The lowest BCUT2D eigenvalue weighted by Gasteiger charge is -2.26. The fourth-order valence-electron chi connectivity index (χ4n) is 2.34. The minimum atomic E-state index is -1.44. The summed E-state index contributed by atoms with van der Waals surface area (Å²) < 4.78 is 9.91. The van der Waals surface area contributed by atoms with Gasteiger partial charge in [-0.25, -0.2) is 0 Å². The topological polar surface area (TPSA) is 76.4 Å². The molecule has 0 saturated carbocycles. The van der Waals surface area contributed by atoms with Crippen molar-refractivity contribution < 1.29 is 19.1 Å². The number of carbonyl (C=O) groups excluding carboxylic acids is 2. The number of unbranched alkanes of at least 4 members (excludes halogenated alkanes) is 1. The molecule has 0 saturated heterocycles. The summed E-state index contributed by atoms with van der Waals surface area (Å²) in [6.07, 6.45) is 3.09. The van der Waals surface area contributed by atoms with Crippen LogP contribution in [0.25, 0.3) is 0 Å². The van der Waals surface area contributed by atoms with Gasteiger partial charge >= 0.3 is 11.9 Å². The molecule has 5 heteroatoms. The highest BCUT2D eigenvalue weighted by Crippen LogP contribution is 2.34. The minimum absolute atomic E-state index is 0.170. The van der Waals surface area contributed by atoms with Crippen LogP contribution in [0.4, 0.5) is 0 Å². The third kappa shape index (κ3) is 6.61. The molecule has 2 atom stereocenters. The van der Waals surface area contributed by atoms with Gasteiger partial charge in [-0.3, -0.25) is 9.59 Å². The van der Waals surface area contributed by atoms with Crippen molar-refractivity contribution >= 4 is 11.9 Å². The van der Waals surface area contributed by atoms with Gasteiger partial charge in [-0.05, 0) is 26.2 Å². The Kier molecular flexibility index (Phi) is 9.44. The molecule has 0 fully saturated rings. The summed E-state index contributed by atoms with van der Waals surface area (Å²) in [5.74, 6) is -0.984. The molecule has 0 rings (SSSR count). The zero-order valence-electron chi connectivity index (χ0n) is 13.6. The van der Waals surface area contributed by atoms with Crippen LogP contribution >= 0.6 is 0 Å². The molecule has 0 spiro atoms. The highest BCUT2D eigenvalue weighted by atomic mass is 16.5. The summed E-state index contributed by atoms with van der Waals surface area (Å²) in [7, 11) is 0. The zero-order valence-corrected chi connectivity index (χ0v) is 13.6. The van der Waals surface area contributed by atoms with E-state index in [1.807, 2.05) is 13.0 Å². The van der Waals surface area contributed by atoms with Gasteiger partial charge in [-0.1, -0.05) is 33.1 Å². The van der Waals surface area contributed by atoms with Crippen molar-refractivity contribution in [2.45, 2.75) is 59.8 Å². The van der Waals surface area contributed by atoms with Crippen LogP contribution in [0.2, 0.25) is 0 Å². The van der Waals surface area contributed by atoms with E-state index in [2.05, 4.69) is 6.92 Å². The smallest absolute Gasteiger partial charge is 0.327 e. The first-order valence-corrected chi connectivity index (χ1v) is 7.69. The first-order valence-electron chi connectivity index (χ1n) is 7.69. The quantitative estimate of drug-likeness (QED) is 0.579. The van der Waals surface area contributed by atoms with E-state index in [0.717, 1.165) is 19.3 Å². The maximum Gasteiger partial charge on any atom is 0.327 e. The van der Waals surface area contributed by atoms with Crippen molar-refractivity contribution in [2.75, 3.05) is 13.2 Å². The van der Waals surface area contributed by atoms with E-state index in [0.29, 0.717) is 6.42 Å². The van der Waals surface area contributed by atoms with Crippen molar-refractivity contribution in [1.29, 1.82) is 5.26 Å². The van der Waals surface area contributed by atoms with Gasteiger partial charge in [0.15, 0.2) is 5.41 Å². The SMILES string of the molecule is CCCCC(C)CC(C#N)(CC(=O)OCC)C(=O)OCC. The molecule has 0 heterocycles. The largest absolute Gasteiger partial charge is 0.466 e. The zero-order chi connectivity index (χ0) is 16.3. The molecule has 0 aliphatic rings. The summed E-state index contributed by atoms with van der Waals surface area (Å²) in [4.78, 5) is 23.9. The first-order chi connectivity index (χ1) is 9.95. The lowest BCUT2D eigenvalue weighted by Crippen LogP contribution is -2.36. The molecule has 0 bridgehead atoms. The Balaban J connectivity index is 5.08. The average Bonchev–Trinajstić information content (AvgIpc) is 2.44. The molecule has 0 aliphatic heterocycles. The number of rotatable bonds is 10. The van der Waals surface area contributed by atoms with Gasteiger partial charge in [-0.2, -0.15) is 5.26 Å². The Labute approximate surface area is 127 Å². The summed E-state index contributed by atoms with van der Waals surface area (Å²) >= 11 is 0. The summed E-state index contributed by atoms with van der Waals surface area (Å²) in [6.45, 7) is 7.88. The van der Waals surface area contributed by atoms with Crippen molar-refractivity contribution in [3.63, 3.8) is 0 Å². The van der Waals surface area contributed by atoms with Gasteiger partial charge in [0.25, 0.3) is 0 Å². The molecule has 21 heavy (non-hydrogen) atoms. The maximum absolute atomic E-state index is 12.2. The molecule has 5 nitrogen and oxygen atoms in total. The fraction of sp³-hybridized carbons (Fsp3) is 0.812. The molecule has 0 radical (unpaired) electrons. The lowest BCUT2D eigenvalue weighted by molar-refractivity contribution is -0.159. The highest BCUT2D eigenvalue weighted by molar-refractivity contribution is 5.86. The third-order valence-electron chi connectivity index (χ3n) is 3.38. The fourth-order valence-corrected chi connectivity index (χ4v) is 2.34. The normalized spacial score (nSPS) is 14.6. The number of hydrogen-bond donors (Lipinski definition) is 0. The highest BCUT2D eigenvalue weighted by Gasteiger charge is 2.44. The second-order valence-electron chi connectivity index (χ2n) is 5.35. The summed E-state index contributed by atoms with van der Waals surface area (Å²) in [5.41, 5.74) is -1.44. The van der Waals surface area contributed by atoms with Crippen LogP contribution in [0, 0.1) is 22.7 Å². The van der Waals surface area contributed by atoms with Crippen LogP contribution in [0.3, 0.4) is 0 Å². The Morgan fingerprint density at radius 2 is 1.81 bits per heavy atom. The Hall–Kier alpha value is -1.57. The van der Waals surface area contributed by atoms with Crippen LogP contribution in [-0.4, -0.2) is 25.2 Å². The van der Waals surface area contributed by atoms with E-state index in [1.165, 1.54) is 0 Å². The van der Waals surface area contributed by atoms with Gasteiger partial charge in [0.2, 0.25) is 0 Å². The second-order valence-corrected chi connectivity index (χ2v) is 5.35. The Morgan fingerprint density at radius 3 is 2.29 bits per heavy atom. The molecule has 2 unspecified atom stereocenters. The van der Waals surface area contributed by atoms with Crippen LogP contribution in [0.5, 0.6) is 0 Å². The molecule has 0 amide bonds. The van der Waals surface area contributed by atoms with Crippen LogP contribution in [0.15, 0.2) is 0 Å². The Bertz CT molecular complexity index is 375. The average molecular weight is 297 g/mol. The molecular formula is C16H27NO4. The van der Waals surface area contributed by atoms with Crippen LogP contribution in [0.1, 0.15) is 59.8 Å². The van der Waals surface area contributed by atoms with Gasteiger partial charge < -0.3 is 9.47 Å². The van der Waals surface area contributed by atoms with Crippen molar-refractivity contribution in [1.82, 2.24) is 0 Å². The number of carbonyl (C=O) groups is 2. The van der Waals surface area contributed by atoms with E-state index >= 15 is 0 Å². The van der Waals surface area contributed by atoms with E-state index in [4.69, 9.17) is 9.47 Å². The van der Waals surface area contributed by atoms with Crippen molar-refractivity contribution in [2.24, 2.45) is 11.3 Å². The predicted molar refractivity (Wildman–Crippen MR) is 79.2 cm³/mol. The lowest BCUT2D eigenvalue weighted by atomic mass is 9.77. The van der Waals surface area contributed by atoms with Crippen molar-refractivity contribution in [3.05, 3.63) is 0 Å². The van der Waals surface area contributed by atoms with E-state index in [-0.39, 0.29) is 25.6 Å². The number of nitriles is 1. The van der Waals surface area contributed by atoms with Gasteiger partial charge in [0.05, 0.1) is 25.7 Å². The van der Waals surface area contributed by atoms with Gasteiger partial charge in [0, 0.05) is 0 Å². The van der Waals surface area contributed by atoms with Crippen LogP contribution in [-0.2, 0) is 19.1 Å². The number of esters is 2. The monoisotopic (exact) mass is 297 g/mol. The van der Waals surface area contributed by atoms with Gasteiger partial charge in [0.1, 0.15) is 0 Å². The molecule has 120 valence electrons. The van der Waals surface area contributed by atoms with E-state index < -0.39 is 17.4 Å². The molecule has 0 aromatic heterocycles. The molecule has 0 aromatic carbocycles. The maximum atomic E-state index is 12.2. The number of ether oxygens (including phenoxy) is 2.